The number of carbonyl (C=O) groups excluding carboxylic acids is 3. The highest BCUT2D eigenvalue weighted by atomic mass is 16.5. The second-order valence-electron chi connectivity index (χ2n) is 9.61. The van der Waals surface area contributed by atoms with Gasteiger partial charge in [-0.3, -0.25) is 19.3 Å². The van der Waals surface area contributed by atoms with E-state index in [-0.39, 0.29) is 24.3 Å². The van der Waals surface area contributed by atoms with Gasteiger partial charge in [0.2, 0.25) is 5.91 Å². The van der Waals surface area contributed by atoms with E-state index in [9.17, 15) is 14.4 Å². The van der Waals surface area contributed by atoms with Gasteiger partial charge in [-0.05, 0) is 48.8 Å². The Morgan fingerprint density at radius 2 is 1.86 bits per heavy atom. The van der Waals surface area contributed by atoms with Crippen molar-refractivity contribution in [2.24, 2.45) is 17.8 Å². The Bertz CT molecular complexity index is 1270. The van der Waals surface area contributed by atoms with Crippen LogP contribution in [0.3, 0.4) is 0 Å². The molecule has 1 fully saturated rings. The van der Waals surface area contributed by atoms with Crippen molar-refractivity contribution in [3.63, 3.8) is 0 Å². The van der Waals surface area contributed by atoms with Gasteiger partial charge in [0, 0.05) is 12.1 Å². The SMILES string of the molecule is COc1ccc2c(c1OC)C(=O)N1c3ccccc3C(=O)N(CC(=O)NC[C@H]3C[C@H]4C=C[C@H]3C4)[C@H]21. The van der Waals surface area contributed by atoms with Gasteiger partial charge < -0.3 is 19.7 Å². The third-order valence-corrected chi connectivity index (χ3v) is 7.78. The number of anilines is 1. The highest BCUT2D eigenvalue weighted by Gasteiger charge is 2.50. The molecule has 1 saturated carbocycles. The lowest BCUT2D eigenvalue weighted by Gasteiger charge is -2.40. The minimum absolute atomic E-state index is 0.147. The first-order valence-corrected chi connectivity index (χ1v) is 11.9. The van der Waals surface area contributed by atoms with Gasteiger partial charge in [-0.25, -0.2) is 0 Å². The smallest absolute Gasteiger partial charge is 0.264 e. The van der Waals surface area contributed by atoms with E-state index in [2.05, 4.69) is 17.5 Å². The van der Waals surface area contributed by atoms with E-state index in [4.69, 9.17) is 9.47 Å². The van der Waals surface area contributed by atoms with Gasteiger partial charge in [0.1, 0.15) is 12.7 Å². The second kappa shape index (κ2) is 8.15. The lowest BCUT2D eigenvalue weighted by Crippen LogP contribution is -2.51. The van der Waals surface area contributed by atoms with Gasteiger partial charge in [-0.1, -0.05) is 30.4 Å². The zero-order valence-electron chi connectivity index (χ0n) is 19.7. The standard InChI is InChI=1S/C27H27N3O5/c1-34-21-10-9-19-23(24(21)35-2)27(33)30-20-6-4-3-5-18(20)26(32)29(25(19)30)14-22(31)28-13-17-12-15-7-8-16(17)11-15/h3-10,15-17,25H,11-14H2,1-2H3,(H,28,31)/t15-,16-,17+,25-/m0/s1. The molecule has 4 atom stereocenters. The van der Waals surface area contributed by atoms with Crippen molar-refractivity contribution in [3.05, 3.63) is 65.2 Å². The maximum atomic E-state index is 13.7. The Balaban J connectivity index is 1.33. The average Bonchev–Trinajstić information content (AvgIpc) is 3.58. The molecule has 4 aliphatic rings. The normalized spacial score (nSPS) is 25.4. The third kappa shape index (κ3) is 3.23. The molecule has 0 unspecified atom stereocenters. The van der Waals surface area contributed by atoms with Crippen LogP contribution in [0.5, 0.6) is 11.5 Å². The summed E-state index contributed by atoms with van der Waals surface area (Å²) in [6.45, 7) is 0.448. The van der Waals surface area contributed by atoms with E-state index < -0.39 is 6.17 Å². The molecule has 8 nitrogen and oxygen atoms in total. The molecule has 2 aromatic carbocycles. The zero-order valence-corrected chi connectivity index (χ0v) is 19.7. The number of allylic oxidation sites excluding steroid dienone is 2. The Labute approximate surface area is 203 Å². The summed E-state index contributed by atoms with van der Waals surface area (Å²) in [5.74, 6) is 1.55. The maximum absolute atomic E-state index is 13.7. The van der Waals surface area contributed by atoms with E-state index in [0.29, 0.717) is 58.2 Å². The largest absolute Gasteiger partial charge is 0.493 e. The molecule has 0 aromatic heterocycles. The first kappa shape index (κ1) is 21.7. The topological polar surface area (TPSA) is 88.2 Å². The molecule has 2 aliphatic carbocycles. The number of benzene rings is 2. The number of hydrogen-bond donors (Lipinski definition) is 1. The summed E-state index contributed by atoms with van der Waals surface area (Å²) in [4.78, 5) is 43.4. The quantitative estimate of drug-likeness (QED) is 0.652. The number of amides is 3. The molecule has 6 rings (SSSR count). The Kier molecular flexibility index (Phi) is 5.05. The monoisotopic (exact) mass is 473 g/mol. The van der Waals surface area contributed by atoms with Gasteiger partial charge >= 0.3 is 0 Å². The van der Waals surface area contributed by atoms with Crippen LogP contribution < -0.4 is 19.7 Å². The van der Waals surface area contributed by atoms with Crippen molar-refractivity contribution < 1.29 is 23.9 Å². The van der Waals surface area contributed by atoms with Gasteiger partial charge in [0.15, 0.2) is 11.5 Å². The van der Waals surface area contributed by atoms with E-state index in [1.807, 2.05) is 0 Å². The summed E-state index contributed by atoms with van der Waals surface area (Å²) in [6.07, 6.45) is 6.06. The first-order chi connectivity index (χ1) is 17.0. The third-order valence-electron chi connectivity index (χ3n) is 7.78. The molecule has 0 radical (unpaired) electrons. The molecule has 0 saturated heterocycles. The van der Waals surface area contributed by atoms with Crippen molar-refractivity contribution in [2.45, 2.75) is 19.0 Å². The molecule has 8 heteroatoms. The molecule has 2 heterocycles. The van der Waals surface area contributed by atoms with Crippen LogP contribution in [0, 0.1) is 17.8 Å². The highest BCUT2D eigenvalue weighted by Crippen LogP contribution is 2.49. The van der Waals surface area contributed by atoms with Gasteiger partial charge in [-0.2, -0.15) is 0 Å². The summed E-state index contributed by atoms with van der Waals surface area (Å²) in [5.41, 5.74) is 1.87. The molecule has 2 aliphatic heterocycles. The molecule has 0 spiro atoms. The number of fused-ring (bicyclic) bond motifs is 7. The lowest BCUT2D eigenvalue weighted by molar-refractivity contribution is -0.122. The number of ether oxygens (including phenoxy) is 2. The summed E-state index contributed by atoms with van der Waals surface area (Å²) in [5, 5.41) is 3.04. The van der Waals surface area contributed by atoms with E-state index in [1.54, 1.807) is 41.3 Å². The molecule has 180 valence electrons. The number of methoxy groups -OCH3 is 2. The van der Waals surface area contributed by atoms with Crippen LogP contribution in [0.2, 0.25) is 0 Å². The molecule has 35 heavy (non-hydrogen) atoms. The molecule has 2 bridgehead atoms. The predicted octanol–water partition coefficient (Wildman–Crippen LogP) is 3.15. The Morgan fingerprint density at radius 3 is 2.57 bits per heavy atom. The first-order valence-electron chi connectivity index (χ1n) is 11.9. The summed E-state index contributed by atoms with van der Waals surface area (Å²) in [6, 6.07) is 10.5. The van der Waals surface area contributed by atoms with Crippen LogP contribution in [0.15, 0.2) is 48.6 Å². The number of rotatable bonds is 6. The zero-order chi connectivity index (χ0) is 24.3. The fraction of sp³-hybridized carbons (Fsp3) is 0.370. The number of para-hydroxylation sites is 1. The van der Waals surface area contributed by atoms with E-state index >= 15 is 0 Å². The molecular formula is C27H27N3O5. The fourth-order valence-corrected chi connectivity index (χ4v) is 6.17. The Hall–Kier alpha value is -3.81. The molecule has 3 amide bonds. The summed E-state index contributed by atoms with van der Waals surface area (Å²) in [7, 11) is 3.00. The maximum Gasteiger partial charge on any atom is 0.264 e. The van der Waals surface area contributed by atoms with Crippen molar-refractivity contribution >= 4 is 23.4 Å². The van der Waals surface area contributed by atoms with Gasteiger partial charge in [0.25, 0.3) is 11.8 Å². The molecule has 2 aromatic rings. The van der Waals surface area contributed by atoms with Crippen LogP contribution in [0.25, 0.3) is 0 Å². The number of hydrogen-bond acceptors (Lipinski definition) is 5. The van der Waals surface area contributed by atoms with Crippen LogP contribution >= 0.6 is 0 Å². The molecule has 1 N–H and O–H groups in total. The van der Waals surface area contributed by atoms with Crippen molar-refractivity contribution in [2.75, 3.05) is 32.2 Å². The molecular weight excluding hydrogens is 446 g/mol. The second-order valence-corrected chi connectivity index (χ2v) is 9.61. The fourth-order valence-electron chi connectivity index (χ4n) is 6.17. The van der Waals surface area contributed by atoms with Gasteiger partial charge in [-0.15, -0.1) is 0 Å². The van der Waals surface area contributed by atoms with E-state index in [0.717, 1.165) is 6.42 Å². The minimum atomic E-state index is -0.740. The van der Waals surface area contributed by atoms with Crippen LogP contribution in [-0.2, 0) is 4.79 Å². The average molecular weight is 474 g/mol. The minimum Gasteiger partial charge on any atom is -0.493 e. The van der Waals surface area contributed by atoms with Crippen LogP contribution in [-0.4, -0.2) is 49.9 Å². The highest BCUT2D eigenvalue weighted by molar-refractivity contribution is 6.18. The van der Waals surface area contributed by atoms with Crippen molar-refractivity contribution in [1.82, 2.24) is 10.2 Å². The van der Waals surface area contributed by atoms with Crippen molar-refractivity contribution in [1.29, 1.82) is 0 Å². The summed E-state index contributed by atoms with van der Waals surface area (Å²) >= 11 is 0. The number of carbonyl (C=O) groups is 3. The number of nitrogens with zero attached hydrogens (tertiary/aromatic N) is 2. The number of nitrogens with one attached hydrogen (secondary N) is 1. The van der Waals surface area contributed by atoms with Gasteiger partial charge in [0.05, 0.1) is 31.0 Å². The van der Waals surface area contributed by atoms with Crippen LogP contribution in [0.1, 0.15) is 45.3 Å². The predicted molar refractivity (Wildman–Crippen MR) is 128 cm³/mol. The Morgan fingerprint density at radius 1 is 1.03 bits per heavy atom. The summed E-state index contributed by atoms with van der Waals surface area (Å²) < 4.78 is 10.9. The lowest BCUT2D eigenvalue weighted by atomic mass is 9.93. The van der Waals surface area contributed by atoms with E-state index in [1.165, 1.54) is 25.5 Å². The van der Waals surface area contributed by atoms with Crippen LogP contribution in [0.4, 0.5) is 5.69 Å². The van der Waals surface area contributed by atoms with Crippen molar-refractivity contribution in [3.8, 4) is 11.5 Å².